The number of hydrogen-bond donors (Lipinski definition) is 2. The van der Waals surface area contributed by atoms with E-state index in [0.717, 1.165) is 0 Å². The molecule has 1 aliphatic heterocycles. The van der Waals surface area contributed by atoms with Crippen LogP contribution in [0.2, 0.25) is 0 Å². The number of nitrogens with zero attached hydrogens (tertiary/aromatic N) is 1. The third-order valence-electron chi connectivity index (χ3n) is 3.44. The summed E-state index contributed by atoms with van der Waals surface area (Å²) < 4.78 is 0. The average Bonchev–Trinajstić information content (AvgIpc) is 2.24. The summed E-state index contributed by atoms with van der Waals surface area (Å²) in [6, 6.07) is 2.89. The highest BCUT2D eigenvalue weighted by atomic mass is 16.2. The second-order valence-corrected chi connectivity index (χ2v) is 4.99. The minimum absolute atomic E-state index is 0.0806. The number of aromatic nitrogens is 1. The van der Waals surface area contributed by atoms with Gasteiger partial charge in [-0.15, -0.1) is 0 Å². The lowest BCUT2D eigenvalue weighted by Gasteiger charge is -2.50. The zero-order valence-electron chi connectivity index (χ0n) is 10.1. The molecule has 1 amide bonds. The highest BCUT2D eigenvalue weighted by Gasteiger charge is 2.44. The molecule has 0 saturated carbocycles. The van der Waals surface area contributed by atoms with Crippen LogP contribution in [0.15, 0.2) is 23.1 Å². The van der Waals surface area contributed by atoms with E-state index in [1.165, 1.54) is 18.3 Å². The van der Waals surface area contributed by atoms with Crippen LogP contribution in [0.25, 0.3) is 0 Å². The number of amides is 1. The molecule has 0 radical (unpaired) electrons. The Bertz CT molecular complexity index is 466. The first kappa shape index (κ1) is 11.9. The summed E-state index contributed by atoms with van der Waals surface area (Å²) in [7, 11) is 0. The maximum absolute atomic E-state index is 12.0. The summed E-state index contributed by atoms with van der Waals surface area (Å²) in [4.78, 5) is 27.1. The Hall–Kier alpha value is -1.62. The summed E-state index contributed by atoms with van der Waals surface area (Å²) in [5.41, 5.74) is 6.15. The van der Waals surface area contributed by atoms with Gasteiger partial charge < -0.3 is 15.6 Å². The molecule has 5 heteroatoms. The molecule has 0 aliphatic carbocycles. The van der Waals surface area contributed by atoms with E-state index >= 15 is 0 Å². The normalized spacial score (nSPS) is 18.0. The predicted octanol–water partition coefficient (Wildman–Crippen LogP) is 0.184. The number of carbonyl (C=O) groups excluding carboxylic acids is 1. The molecule has 17 heavy (non-hydrogen) atoms. The van der Waals surface area contributed by atoms with Gasteiger partial charge in [-0.05, 0) is 12.0 Å². The third kappa shape index (κ3) is 2.10. The van der Waals surface area contributed by atoms with Crippen molar-refractivity contribution >= 4 is 5.91 Å². The van der Waals surface area contributed by atoms with Crippen molar-refractivity contribution in [2.24, 2.45) is 11.7 Å². The molecule has 1 saturated heterocycles. The molecule has 1 aliphatic rings. The molecule has 5 nitrogen and oxygen atoms in total. The van der Waals surface area contributed by atoms with Crippen molar-refractivity contribution in [3.63, 3.8) is 0 Å². The van der Waals surface area contributed by atoms with Crippen LogP contribution < -0.4 is 11.3 Å². The second kappa shape index (κ2) is 4.00. The standard InChI is InChI=1S/C12H17N3O2/c1-8(2)12(13)6-15(7-12)11(17)9-3-4-10(16)14-5-9/h3-5,8H,6-7,13H2,1-2H3,(H,14,16). The number of nitrogens with one attached hydrogen (secondary N) is 1. The van der Waals surface area contributed by atoms with E-state index in [9.17, 15) is 9.59 Å². The van der Waals surface area contributed by atoms with Crippen molar-refractivity contribution in [2.75, 3.05) is 13.1 Å². The Morgan fingerprint density at radius 3 is 2.59 bits per heavy atom. The van der Waals surface area contributed by atoms with Crippen LogP contribution in [0.3, 0.4) is 0 Å². The van der Waals surface area contributed by atoms with Gasteiger partial charge in [-0.25, -0.2) is 0 Å². The van der Waals surface area contributed by atoms with Crippen LogP contribution >= 0.6 is 0 Å². The molecule has 0 unspecified atom stereocenters. The van der Waals surface area contributed by atoms with E-state index in [0.29, 0.717) is 24.6 Å². The minimum Gasteiger partial charge on any atom is -0.335 e. The Labute approximate surface area is 99.6 Å². The number of carbonyl (C=O) groups is 1. The molecule has 0 aromatic carbocycles. The fourth-order valence-electron chi connectivity index (χ4n) is 1.90. The summed E-state index contributed by atoms with van der Waals surface area (Å²) >= 11 is 0. The Morgan fingerprint density at radius 2 is 2.12 bits per heavy atom. The summed E-state index contributed by atoms with van der Waals surface area (Å²) in [6.45, 7) is 5.26. The number of aromatic amines is 1. The van der Waals surface area contributed by atoms with E-state index < -0.39 is 0 Å². The topological polar surface area (TPSA) is 79.2 Å². The van der Waals surface area contributed by atoms with Gasteiger partial charge >= 0.3 is 0 Å². The molecule has 1 fully saturated rings. The smallest absolute Gasteiger partial charge is 0.255 e. The quantitative estimate of drug-likeness (QED) is 0.767. The van der Waals surface area contributed by atoms with Crippen molar-refractivity contribution < 1.29 is 4.79 Å². The lowest BCUT2D eigenvalue weighted by Crippen LogP contribution is -2.71. The van der Waals surface area contributed by atoms with Crippen LogP contribution in [-0.4, -0.2) is 34.4 Å². The SMILES string of the molecule is CC(C)C1(N)CN(C(=O)c2ccc(=O)[nH]c2)C1. The van der Waals surface area contributed by atoms with Gasteiger partial charge in [-0.1, -0.05) is 13.8 Å². The van der Waals surface area contributed by atoms with Gasteiger partial charge in [0, 0.05) is 25.4 Å². The van der Waals surface area contributed by atoms with E-state index in [1.54, 1.807) is 4.90 Å². The number of nitrogens with two attached hydrogens (primary N) is 1. The molecule has 0 bridgehead atoms. The molecule has 0 spiro atoms. The fraction of sp³-hybridized carbons (Fsp3) is 0.500. The van der Waals surface area contributed by atoms with E-state index in [4.69, 9.17) is 5.73 Å². The zero-order valence-corrected chi connectivity index (χ0v) is 10.1. The second-order valence-electron chi connectivity index (χ2n) is 4.99. The Kier molecular flexibility index (Phi) is 2.79. The van der Waals surface area contributed by atoms with Crippen LogP contribution in [0, 0.1) is 5.92 Å². The van der Waals surface area contributed by atoms with Crippen LogP contribution in [-0.2, 0) is 0 Å². The Balaban J connectivity index is 2.05. The summed E-state index contributed by atoms with van der Waals surface area (Å²) in [5.74, 6) is 0.269. The maximum Gasteiger partial charge on any atom is 0.255 e. The highest BCUT2D eigenvalue weighted by Crippen LogP contribution is 2.27. The van der Waals surface area contributed by atoms with Gasteiger partial charge in [0.1, 0.15) is 0 Å². The largest absolute Gasteiger partial charge is 0.335 e. The van der Waals surface area contributed by atoms with Crippen molar-refractivity contribution in [1.29, 1.82) is 0 Å². The summed E-state index contributed by atoms with van der Waals surface area (Å²) in [5, 5.41) is 0. The van der Waals surface area contributed by atoms with Gasteiger partial charge in [-0.3, -0.25) is 9.59 Å². The van der Waals surface area contributed by atoms with Crippen molar-refractivity contribution in [3.8, 4) is 0 Å². The van der Waals surface area contributed by atoms with Gasteiger partial charge in [-0.2, -0.15) is 0 Å². The van der Waals surface area contributed by atoms with Gasteiger partial charge in [0.05, 0.1) is 11.1 Å². The molecule has 92 valence electrons. The fourth-order valence-corrected chi connectivity index (χ4v) is 1.90. The van der Waals surface area contributed by atoms with Crippen LogP contribution in [0.4, 0.5) is 0 Å². The average molecular weight is 235 g/mol. The molecule has 3 N–H and O–H groups in total. The van der Waals surface area contributed by atoms with Crippen LogP contribution in [0.5, 0.6) is 0 Å². The number of likely N-dealkylation sites (tertiary alicyclic amines) is 1. The van der Waals surface area contributed by atoms with Crippen molar-refractivity contribution in [3.05, 3.63) is 34.2 Å². The zero-order chi connectivity index (χ0) is 12.6. The third-order valence-corrected chi connectivity index (χ3v) is 3.44. The summed E-state index contributed by atoms with van der Waals surface area (Å²) in [6.07, 6.45) is 1.44. The maximum atomic E-state index is 12.0. The van der Waals surface area contributed by atoms with Crippen LogP contribution in [0.1, 0.15) is 24.2 Å². The number of H-pyrrole nitrogens is 1. The molecular weight excluding hydrogens is 218 g/mol. The minimum atomic E-state index is -0.266. The van der Waals surface area contributed by atoms with Crippen molar-refractivity contribution in [1.82, 2.24) is 9.88 Å². The van der Waals surface area contributed by atoms with Gasteiger partial charge in [0.15, 0.2) is 0 Å². The lowest BCUT2D eigenvalue weighted by molar-refractivity contribution is 0.0274. The molecule has 2 rings (SSSR count). The first-order valence-corrected chi connectivity index (χ1v) is 5.69. The van der Waals surface area contributed by atoms with E-state index in [2.05, 4.69) is 18.8 Å². The van der Waals surface area contributed by atoms with E-state index in [-0.39, 0.29) is 17.0 Å². The first-order valence-electron chi connectivity index (χ1n) is 5.69. The number of pyridine rings is 1. The van der Waals surface area contributed by atoms with Gasteiger partial charge in [0.25, 0.3) is 5.91 Å². The molecule has 1 aromatic rings. The molecule has 1 aromatic heterocycles. The monoisotopic (exact) mass is 235 g/mol. The molecular formula is C12H17N3O2. The van der Waals surface area contributed by atoms with Crippen molar-refractivity contribution in [2.45, 2.75) is 19.4 Å². The predicted molar refractivity (Wildman–Crippen MR) is 64.7 cm³/mol. The number of hydrogen-bond acceptors (Lipinski definition) is 3. The molecule has 0 atom stereocenters. The first-order chi connectivity index (χ1) is 7.92. The number of rotatable bonds is 2. The van der Waals surface area contributed by atoms with Gasteiger partial charge in [0.2, 0.25) is 5.56 Å². The van der Waals surface area contributed by atoms with E-state index in [1.807, 2.05) is 0 Å². The molecule has 2 heterocycles. The highest BCUT2D eigenvalue weighted by molar-refractivity contribution is 5.94. The Morgan fingerprint density at radius 1 is 1.47 bits per heavy atom. The lowest BCUT2D eigenvalue weighted by atomic mass is 9.80.